The first kappa shape index (κ1) is 25.1. The van der Waals surface area contributed by atoms with Crippen LogP contribution in [-0.2, 0) is 14.6 Å². The fourth-order valence-electron chi connectivity index (χ4n) is 5.47. The summed E-state index contributed by atoms with van der Waals surface area (Å²) in [5.74, 6) is 0.628. The lowest BCUT2D eigenvalue weighted by molar-refractivity contribution is -0.132. The summed E-state index contributed by atoms with van der Waals surface area (Å²) in [4.78, 5) is 26.4. The first-order valence-electron chi connectivity index (χ1n) is 11.9. The van der Waals surface area contributed by atoms with Gasteiger partial charge in [-0.3, -0.25) is 4.79 Å². The van der Waals surface area contributed by atoms with Crippen LogP contribution in [0.2, 0.25) is 5.02 Å². The molecule has 0 spiro atoms. The van der Waals surface area contributed by atoms with Gasteiger partial charge in [-0.2, -0.15) is 0 Å². The highest BCUT2D eigenvalue weighted by molar-refractivity contribution is 7.90. The minimum absolute atomic E-state index is 0.00737. The summed E-state index contributed by atoms with van der Waals surface area (Å²) in [7, 11) is -1.06. The molecule has 34 heavy (non-hydrogen) atoms. The smallest absolute Gasteiger partial charge is 0.245 e. The molecular formula is C24H34ClN5O3S. The molecule has 1 aliphatic carbocycles. The number of nitrogens with one attached hydrogen (secondary N) is 1. The van der Waals surface area contributed by atoms with E-state index in [0.717, 1.165) is 30.2 Å². The summed E-state index contributed by atoms with van der Waals surface area (Å²) in [5.41, 5.74) is 0.755. The van der Waals surface area contributed by atoms with E-state index in [1.54, 1.807) is 12.1 Å². The molecule has 0 radical (unpaired) electrons. The Bertz CT molecular complexity index is 1160. The van der Waals surface area contributed by atoms with Gasteiger partial charge in [-0.05, 0) is 70.7 Å². The molecule has 4 atom stereocenters. The number of carbonyl (C=O) groups is 1. The summed E-state index contributed by atoms with van der Waals surface area (Å²) in [6.07, 6.45) is 5.96. The zero-order chi connectivity index (χ0) is 24.6. The largest absolute Gasteiger partial charge is 0.358 e. The minimum Gasteiger partial charge on any atom is -0.358 e. The molecule has 1 aromatic carbocycles. The van der Waals surface area contributed by atoms with Crippen LogP contribution < -0.4 is 5.32 Å². The Morgan fingerprint density at radius 3 is 2.71 bits per heavy atom. The fraction of sp³-hybridized carbons (Fsp3) is 0.625. The van der Waals surface area contributed by atoms with Crippen LogP contribution in [0.3, 0.4) is 0 Å². The number of sulfone groups is 1. The average molecular weight is 508 g/mol. The quantitative estimate of drug-likeness (QED) is 0.614. The summed E-state index contributed by atoms with van der Waals surface area (Å²) in [6, 6.07) is 5.64. The van der Waals surface area contributed by atoms with Crippen molar-refractivity contribution in [2.75, 3.05) is 30.9 Å². The molecule has 8 nitrogen and oxygen atoms in total. The van der Waals surface area contributed by atoms with Crippen LogP contribution in [-0.4, -0.2) is 83.9 Å². The van der Waals surface area contributed by atoms with Gasteiger partial charge in [-0.15, -0.1) is 0 Å². The number of amides is 1. The number of halogens is 1. The number of carbonyl (C=O) groups excluding carboxylic acids is 1. The average Bonchev–Trinajstić information content (AvgIpc) is 3.12. The monoisotopic (exact) mass is 507 g/mol. The number of fused-ring (bicyclic) bond motifs is 1. The molecule has 1 aliphatic heterocycles. The minimum atomic E-state index is -3.17. The number of rotatable bonds is 7. The Balaban J connectivity index is 1.52. The second-order valence-electron chi connectivity index (χ2n) is 10.0. The van der Waals surface area contributed by atoms with Crippen molar-refractivity contribution in [2.45, 2.75) is 63.7 Å². The molecule has 1 saturated heterocycles. The van der Waals surface area contributed by atoms with Gasteiger partial charge in [0.15, 0.2) is 0 Å². The molecule has 2 aromatic rings. The zero-order valence-corrected chi connectivity index (χ0v) is 21.8. The van der Waals surface area contributed by atoms with Crippen molar-refractivity contribution in [1.82, 2.24) is 19.8 Å². The van der Waals surface area contributed by atoms with Crippen molar-refractivity contribution in [3.63, 3.8) is 0 Å². The number of benzene rings is 1. The van der Waals surface area contributed by atoms with E-state index in [1.807, 2.05) is 11.0 Å². The van der Waals surface area contributed by atoms with Crippen LogP contribution in [0.1, 0.15) is 39.5 Å². The van der Waals surface area contributed by atoms with Gasteiger partial charge in [0.25, 0.3) is 0 Å². The summed E-state index contributed by atoms with van der Waals surface area (Å²) >= 11 is 6.17. The van der Waals surface area contributed by atoms with Gasteiger partial charge in [-0.1, -0.05) is 11.6 Å². The standard InChI is InChI=1S/C24H34ClN5O3S/c1-15(2)29(3)18-6-8-22(16(11-18)13-34(4,32)33)30-10-9-21(24(30)31)28-23-19-12-17(25)5-7-20(19)26-14-27-23/h5,7,12,14-16,18,21-22H,6,8-11,13H2,1-4H3,(H,26,27,28)/t16-,18-,21+,22+/m1/s1. The number of anilines is 1. The van der Waals surface area contributed by atoms with Crippen molar-refractivity contribution >= 4 is 44.1 Å². The first-order valence-corrected chi connectivity index (χ1v) is 14.3. The molecule has 1 saturated carbocycles. The number of likely N-dealkylation sites (tertiary alicyclic amines) is 1. The van der Waals surface area contributed by atoms with Crippen molar-refractivity contribution < 1.29 is 13.2 Å². The first-order chi connectivity index (χ1) is 16.0. The van der Waals surface area contributed by atoms with Crippen LogP contribution in [0, 0.1) is 5.92 Å². The second-order valence-corrected chi connectivity index (χ2v) is 12.7. The van der Waals surface area contributed by atoms with Gasteiger partial charge in [0.05, 0.1) is 11.3 Å². The molecule has 10 heteroatoms. The Labute approximate surface area is 207 Å². The lowest BCUT2D eigenvalue weighted by Gasteiger charge is -2.44. The fourth-order valence-corrected chi connectivity index (χ4v) is 6.78. The van der Waals surface area contributed by atoms with Crippen LogP contribution in [0.5, 0.6) is 0 Å². The molecule has 4 rings (SSSR count). The van der Waals surface area contributed by atoms with Crippen molar-refractivity contribution in [2.24, 2.45) is 5.92 Å². The third-order valence-corrected chi connectivity index (χ3v) is 8.64. The number of nitrogens with zero attached hydrogens (tertiary/aromatic N) is 4. The van der Waals surface area contributed by atoms with E-state index in [1.165, 1.54) is 12.6 Å². The lowest BCUT2D eigenvalue weighted by atomic mass is 9.81. The van der Waals surface area contributed by atoms with Gasteiger partial charge >= 0.3 is 0 Å². The van der Waals surface area contributed by atoms with Crippen molar-refractivity contribution in [3.05, 3.63) is 29.5 Å². The number of aromatic nitrogens is 2. The number of hydrogen-bond acceptors (Lipinski definition) is 7. The van der Waals surface area contributed by atoms with Gasteiger partial charge in [0.2, 0.25) is 5.91 Å². The lowest BCUT2D eigenvalue weighted by Crippen LogP contribution is -2.52. The molecule has 0 bridgehead atoms. The maximum absolute atomic E-state index is 13.5. The predicted molar refractivity (Wildman–Crippen MR) is 136 cm³/mol. The normalized spacial score (nSPS) is 26.1. The molecule has 0 unspecified atom stereocenters. The van der Waals surface area contributed by atoms with E-state index in [2.05, 4.69) is 41.1 Å². The van der Waals surface area contributed by atoms with E-state index < -0.39 is 15.9 Å². The Morgan fingerprint density at radius 2 is 2.00 bits per heavy atom. The molecule has 2 heterocycles. The SMILES string of the molecule is CC(C)N(C)[C@@H]1CC[C@H](N2CC[C@H](Nc3ncnc4ccc(Cl)cc34)C2=O)[C@@H](CS(C)(=O)=O)C1. The third kappa shape index (κ3) is 5.47. The molecule has 1 amide bonds. The van der Waals surface area contributed by atoms with Crippen LogP contribution >= 0.6 is 11.6 Å². The zero-order valence-electron chi connectivity index (χ0n) is 20.2. The summed E-state index contributed by atoms with van der Waals surface area (Å²) in [6.45, 7) is 4.92. The molecule has 2 fully saturated rings. The van der Waals surface area contributed by atoms with Crippen LogP contribution in [0.15, 0.2) is 24.5 Å². The highest BCUT2D eigenvalue weighted by Crippen LogP contribution is 2.35. The molecule has 186 valence electrons. The van der Waals surface area contributed by atoms with Crippen LogP contribution in [0.25, 0.3) is 10.9 Å². The second kappa shape index (κ2) is 9.95. The van der Waals surface area contributed by atoms with Crippen LogP contribution in [0.4, 0.5) is 5.82 Å². The highest BCUT2D eigenvalue weighted by Gasteiger charge is 2.43. The topological polar surface area (TPSA) is 95.5 Å². The van der Waals surface area contributed by atoms with Gasteiger partial charge in [0, 0.05) is 41.3 Å². The third-order valence-electron chi connectivity index (χ3n) is 7.37. The van der Waals surface area contributed by atoms with Crippen molar-refractivity contribution in [1.29, 1.82) is 0 Å². The predicted octanol–water partition coefficient (Wildman–Crippen LogP) is 3.22. The van der Waals surface area contributed by atoms with E-state index >= 15 is 0 Å². The Kier molecular flexibility index (Phi) is 7.36. The molecular weight excluding hydrogens is 474 g/mol. The van der Waals surface area contributed by atoms with Gasteiger partial charge in [-0.25, -0.2) is 18.4 Å². The van der Waals surface area contributed by atoms with E-state index in [9.17, 15) is 13.2 Å². The van der Waals surface area contributed by atoms with Crippen molar-refractivity contribution in [3.8, 4) is 0 Å². The summed E-state index contributed by atoms with van der Waals surface area (Å²) in [5, 5.41) is 4.66. The Morgan fingerprint density at radius 1 is 1.24 bits per heavy atom. The molecule has 1 aromatic heterocycles. The number of hydrogen-bond donors (Lipinski definition) is 1. The molecule has 2 aliphatic rings. The maximum Gasteiger partial charge on any atom is 0.245 e. The maximum atomic E-state index is 13.5. The van der Waals surface area contributed by atoms with E-state index in [0.29, 0.717) is 35.9 Å². The van der Waals surface area contributed by atoms with E-state index in [-0.39, 0.29) is 23.6 Å². The summed E-state index contributed by atoms with van der Waals surface area (Å²) < 4.78 is 24.5. The highest BCUT2D eigenvalue weighted by atomic mass is 35.5. The van der Waals surface area contributed by atoms with Gasteiger partial charge in [0.1, 0.15) is 28.0 Å². The Hall–Kier alpha value is -1.97. The molecule has 1 N–H and O–H groups in total. The van der Waals surface area contributed by atoms with E-state index in [4.69, 9.17) is 11.6 Å². The van der Waals surface area contributed by atoms with Gasteiger partial charge < -0.3 is 15.1 Å².